The monoisotopic (exact) mass is 232 g/mol. The quantitative estimate of drug-likeness (QED) is 0.798. The van der Waals surface area contributed by atoms with Crippen molar-refractivity contribution in [1.82, 2.24) is 4.90 Å². The Bertz CT molecular complexity index is 462. The number of aromatic hydroxyl groups is 1. The number of nitrogens with two attached hydrogens (primary N) is 1. The Morgan fingerprint density at radius 2 is 2.12 bits per heavy atom. The Kier molecular flexibility index (Phi) is 2.16. The second-order valence-electron chi connectivity index (χ2n) is 5.22. The molecule has 0 spiro atoms. The summed E-state index contributed by atoms with van der Waals surface area (Å²) < 4.78 is 0. The fourth-order valence-electron chi connectivity index (χ4n) is 2.55. The van der Waals surface area contributed by atoms with Crippen LogP contribution in [0.15, 0.2) is 24.3 Å². The summed E-state index contributed by atoms with van der Waals surface area (Å²) in [7, 11) is 0. The Hall–Kier alpha value is -1.55. The minimum atomic E-state index is -0.146. The van der Waals surface area contributed by atoms with E-state index in [1.807, 2.05) is 0 Å². The predicted octanol–water partition coefficient (Wildman–Crippen LogP) is 0.955. The van der Waals surface area contributed by atoms with Gasteiger partial charge in [-0.15, -0.1) is 0 Å². The molecule has 3 N–H and O–H groups in total. The van der Waals surface area contributed by atoms with Crippen LogP contribution in [-0.4, -0.2) is 34.5 Å². The van der Waals surface area contributed by atoms with Crippen LogP contribution in [0.25, 0.3) is 0 Å². The first-order valence-electron chi connectivity index (χ1n) is 5.96. The Labute approximate surface area is 100 Å². The number of carbonyl (C=O) groups excluding carboxylic acids is 1. The standard InChI is InChI=1S/C13H16N2O2/c14-13(10-4-5-10)7-15(8-13)12(17)9-2-1-3-11(16)6-9/h1-3,6,10,16H,4-5,7-8,14H2. The van der Waals surface area contributed by atoms with Gasteiger partial charge in [-0.25, -0.2) is 0 Å². The number of phenols is 1. The van der Waals surface area contributed by atoms with Gasteiger partial charge in [0.25, 0.3) is 5.91 Å². The number of nitrogens with zero attached hydrogens (tertiary/aromatic N) is 1. The van der Waals surface area contributed by atoms with Crippen molar-refractivity contribution in [2.24, 2.45) is 11.7 Å². The molecule has 1 saturated heterocycles. The van der Waals surface area contributed by atoms with Gasteiger partial charge in [-0.1, -0.05) is 6.07 Å². The molecule has 1 aromatic carbocycles. The lowest BCUT2D eigenvalue weighted by Crippen LogP contribution is -2.69. The van der Waals surface area contributed by atoms with Crippen LogP contribution in [0.5, 0.6) is 5.75 Å². The van der Waals surface area contributed by atoms with Crippen molar-refractivity contribution in [2.75, 3.05) is 13.1 Å². The van der Waals surface area contributed by atoms with Gasteiger partial charge in [-0.05, 0) is 37.0 Å². The Balaban J connectivity index is 1.69. The lowest BCUT2D eigenvalue weighted by Gasteiger charge is -2.48. The number of carbonyl (C=O) groups is 1. The summed E-state index contributed by atoms with van der Waals surface area (Å²) in [6.45, 7) is 1.29. The van der Waals surface area contributed by atoms with Gasteiger partial charge in [-0.2, -0.15) is 0 Å². The second-order valence-corrected chi connectivity index (χ2v) is 5.22. The highest BCUT2D eigenvalue weighted by molar-refractivity contribution is 5.95. The molecule has 3 rings (SSSR count). The largest absolute Gasteiger partial charge is 0.508 e. The Morgan fingerprint density at radius 1 is 1.41 bits per heavy atom. The van der Waals surface area contributed by atoms with Crippen molar-refractivity contribution in [2.45, 2.75) is 18.4 Å². The number of hydrogen-bond acceptors (Lipinski definition) is 3. The van der Waals surface area contributed by atoms with Gasteiger partial charge in [0.2, 0.25) is 0 Å². The number of benzene rings is 1. The van der Waals surface area contributed by atoms with Crippen LogP contribution in [0, 0.1) is 5.92 Å². The topological polar surface area (TPSA) is 66.6 Å². The van der Waals surface area contributed by atoms with Crippen molar-refractivity contribution in [3.63, 3.8) is 0 Å². The predicted molar refractivity (Wildman–Crippen MR) is 63.7 cm³/mol. The molecule has 2 aliphatic rings. The highest BCUT2D eigenvalue weighted by Crippen LogP contribution is 2.43. The zero-order valence-corrected chi connectivity index (χ0v) is 9.60. The molecule has 1 aliphatic carbocycles. The SMILES string of the molecule is NC1(C2CC2)CN(C(=O)c2cccc(O)c2)C1. The van der Waals surface area contributed by atoms with Gasteiger partial charge in [-0.3, -0.25) is 4.79 Å². The maximum Gasteiger partial charge on any atom is 0.254 e. The van der Waals surface area contributed by atoms with Crippen LogP contribution in [-0.2, 0) is 0 Å². The molecule has 0 atom stereocenters. The molecule has 1 heterocycles. The molecular formula is C13H16N2O2. The highest BCUT2D eigenvalue weighted by Gasteiger charge is 2.51. The van der Waals surface area contributed by atoms with Gasteiger partial charge in [0.1, 0.15) is 5.75 Å². The Morgan fingerprint density at radius 3 is 2.71 bits per heavy atom. The first-order valence-corrected chi connectivity index (χ1v) is 5.96. The molecule has 1 saturated carbocycles. The minimum Gasteiger partial charge on any atom is -0.508 e. The third-order valence-corrected chi connectivity index (χ3v) is 3.74. The lowest BCUT2D eigenvalue weighted by atomic mass is 9.85. The minimum absolute atomic E-state index is 0.0392. The summed E-state index contributed by atoms with van der Waals surface area (Å²) in [6.07, 6.45) is 2.40. The van der Waals surface area contributed by atoms with E-state index in [0.717, 1.165) is 0 Å². The van der Waals surface area contributed by atoms with Gasteiger partial charge in [0.15, 0.2) is 0 Å². The summed E-state index contributed by atoms with van der Waals surface area (Å²) in [4.78, 5) is 13.8. The fourth-order valence-corrected chi connectivity index (χ4v) is 2.55. The number of amides is 1. The molecule has 4 heteroatoms. The summed E-state index contributed by atoms with van der Waals surface area (Å²) in [5.41, 5.74) is 6.59. The summed E-state index contributed by atoms with van der Waals surface area (Å²) >= 11 is 0. The van der Waals surface area contributed by atoms with Crippen LogP contribution in [0.4, 0.5) is 0 Å². The van der Waals surface area contributed by atoms with E-state index in [2.05, 4.69) is 0 Å². The molecule has 0 unspecified atom stereocenters. The van der Waals surface area contributed by atoms with E-state index < -0.39 is 0 Å². The normalized spacial score (nSPS) is 22.1. The fraction of sp³-hybridized carbons (Fsp3) is 0.462. The van der Waals surface area contributed by atoms with Gasteiger partial charge < -0.3 is 15.7 Å². The third-order valence-electron chi connectivity index (χ3n) is 3.74. The molecule has 90 valence electrons. The van der Waals surface area contributed by atoms with Crippen molar-refractivity contribution < 1.29 is 9.90 Å². The zero-order valence-electron chi connectivity index (χ0n) is 9.60. The molecule has 1 aliphatic heterocycles. The van der Waals surface area contributed by atoms with Crippen LogP contribution >= 0.6 is 0 Å². The maximum atomic E-state index is 12.1. The number of likely N-dealkylation sites (tertiary alicyclic amines) is 1. The number of phenolic OH excluding ortho intramolecular Hbond substituents is 1. The van der Waals surface area contributed by atoms with Crippen LogP contribution in [0.1, 0.15) is 23.2 Å². The maximum absolute atomic E-state index is 12.1. The lowest BCUT2D eigenvalue weighted by molar-refractivity contribution is 0.0350. The van der Waals surface area contributed by atoms with E-state index in [-0.39, 0.29) is 17.2 Å². The van der Waals surface area contributed by atoms with Gasteiger partial charge >= 0.3 is 0 Å². The summed E-state index contributed by atoms with van der Waals surface area (Å²) in [5.74, 6) is 0.691. The average molecular weight is 232 g/mol. The smallest absolute Gasteiger partial charge is 0.254 e. The molecule has 1 aromatic rings. The third kappa shape index (κ3) is 1.78. The molecular weight excluding hydrogens is 216 g/mol. The number of hydrogen-bond donors (Lipinski definition) is 2. The molecule has 0 radical (unpaired) electrons. The molecule has 0 bridgehead atoms. The van der Waals surface area contributed by atoms with E-state index in [9.17, 15) is 9.90 Å². The van der Waals surface area contributed by atoms with Crippen molar-refractivity contribution in [3.05, 3.63) is 29.8 Å². The van der Waals surface area contributed by atoms with Gasteiger partial charge in [0.05, 0.1) is 5.54 Å². The molecule has 0 aromatic heterocycles. The van der Waals surface area contributed by atoms with Crippen molar-refractivity contribution in [1.29, 1.82) is 0 Å². The second kappa shape index (κ2) is 3.47. The zero-order chi connectivity index (χ0) is 12.0. The molecule has 1 amide bonds. The van der Waals surface area contributed by atoms with E-state index in [0.29, 0.717) is 24.6 Å². The van der Waals surface area contributed by atoms with Gasteiger partial charge in [0, 0.05) is 18.7 Å². The van der Waals surface area contributed by atoms with Crippen LogP contribution < -0.4 is 5.73 Å². The number of rotatable bonds is 2. The highest BCUT2D eigenvalue weighted by atomic mass is 16.3. The van der Waals surface area contributed by atoms with E-state index >= 15 is 0 Å². The average Bonchev–Trinajstić information content (AvgIpc) is 3.08. The first kappa shape index (κ1) is 10.6. The van der Waals surface area contributed by atoms with E-state index in [4.69, 9.17) is 5.73 Å². The summed E-state index contributed by atoms with van der Waals surface area (Å²) in [5, 5.41) is 9.34. The van der Waals surface area contributed by atoms with Crippen LogP contribution in [0.3, 0.4) is 0 Å². The van der Waals surface area contributed by atoms with Crippen molar-refractivity contribution >= 4 is 5.91 Å². The molecule has 4 nitrogen and oxygen atoms in total. The molecule has 2 fully saturated rings. The first-order chi connectivity index (χ1) is 8.08. The van der Waals surface area contributed by atoms with E-state index in [1.165, 1.54) is 18.9 Å². The molecule has 17 heavy (non-hydrogen) atoms. The van der Waals surface area contributed by atoms with Crippen LogP contribution in [0.2, 0.25) is 0 Å². The van der Waals surface area contributed by atoms with E-state index in [1.54, 1.807) is 23.1 Å². The van der Waals surface area contributed by atoms with Crippen molar-refractivity contribution in [3.8, 4) is 5.75 Å². The summed E-state index contributed by atoms with van der Waals surface area (Å²) in [6, 6.07) is 6.45.